The molecule has 0 aliphatic rings. The first-order chi connectivity index (χ1) is 7.59. The predicted molar refractivity (Wildman–Crippen MR) is 69.2 cm³/mol. The fourth-order valence-electron chi connectivity index (χ4n) is 1.40. The maximum absolute atomic E-state index is 11.1. The Bertz CT molecular complexity index is 550. The molecule has 1 aromatic heterocycles. The van der Waals surface area contributed by atoms with Gasteiger partial charge in [-0.15, -0.1) is 0 Å². The molecule has 82 valence electrons. The minimum absolute atomic E-state index is 0.308. The Morgan fingerprint density at radius 2 is 2.19 bits per heavy atom. The number of halogens is 1. The highest BCUT2D eigenvalue weighted by atomic mass is 127. The molecule has 0 aliphatic carbocycles. The van der Waals surface area contributed by atoms with Crippen molar-refractivity contribution in [1.29, 1.82) is 0 Å². The number of nitrogens with two attached hydrogens (primary N) is 2. The van der Waals surface area contributed by atoms with Crippen LogP contribution in [-0.4, -0.2) is 15.7 Å². The highest BCUT2D eigenvalue weighted by Crippen LogP contribution is 2.21. The molecule has 16 heavy (non-hydrogen) atoms. The molecule has 1 aromatic carbocycles. The Morgan fingerprint density at radius 3 is 2.75 bits per heavy atom. The molecule has 0 radical (unpaired) electrons. The van der Waals surface area contributed by atoms with Crippen LogP contribution in [-0.2, 0) is 0 Å². The van der Waals surface area contributed by atoms with E-state index < -0.39 is 5.91 Å². The summed E-state index contributed by atoms with van der Waals surface area (Å²) < 4.78 is 2.60. The van der Waals surface area contributed by atoms with E-state index in [0.29, 0.717) is 16.9 Å². The number of amides is 1. The number of nitrogen functional groups attached to an aromatic ring is 1. The van der Waals surface area contributed by atoms with Crippen molar-refractivity contribution in [3.05, 3.63) is 39.7 Å². The van der Waals surface area contributed by atoms with Crippen LogP contribution < -0.4 is 11.5 Å². The molecular formula is C10H9IN4O. The smallest absolute Gasteiger partial charge is 0.250 e. The Hall–Kier alpha value is -1.57. The Balaban J connectivity index is 2.58. The minimum atomic E-state index is -0.541. The molecule has 2 rings (SSSR count). The summed E-state index contributed by atoms with van der Waals surface area (Å²) in [6, 6.07) is 5.10. The van der Waals surface area contributed by atoms with Crippen molar-refractivity contribution >= 4 is 34.2 Å². The van der Waals surface area contributed by atoms with Crippen LogP contribution in [0.1, 0.15) is 10.4 Å². The largest absolute Gasteiger partial charge is 0.396 e. The van der Waals surface area contributed by atoms with Crippen molar-refractivity contribution < 1.29 is 4.79 Å². The number of rotatable bonds is 2. The van der Waals surface area contributed by atoms with E-state index in [-0.39, 0.29) is 0 Å². The second-order valence-electron chi connectivity index (χ2n) is 3.21. The van der Waals surface area contributed by atoms with Gasteiger partial charge in [0.15, 0.2) is 0 Å². The summed E-state index contributed by atoms with van der Waals surface area (Å²) in [4.78, 5) is 11.1. The van der Waals surface area contributed by atoms with E-state index in [9.17, 15) is 4.79 Å². The van der Waals surface area contributed by atoms with E-state index in [4.69, 9.17) is 11.5 Å². The summed E-state index contributed by atoms with van der Waals surface area (Å²) in [7, 11) is 0. The number of aromatic nitrogens is 2. The molecule has 0 saturated heterocycles. The highest BCUT2D eigenvalue weighted by molar-refractivity contribution is 14.1. The van der Waals surface area contributed by atoms with Crippen molar-refractivity contribution in [3.8, 4) is 5.69 Å². The highest BCUT2D eigenvalue weighted by Gasteiger charge is 2.11. The lowest BCUT2D eigenvalue weighted by Gasteiger charge is -2.08. The summed E-state index contributed by atoms with van der Waals surface area (Å²) in [6.07, 6.45) is 3.52. The van der Waals surface area contributed by atoms with E-state index in [1.54, 1.807) is 29.1 Å². The molecule has 0 spiro atoms. The zero-order valence-corrected chi connectivity index (χ0v) is 10.4. The third-order valence-electron chi connectivity index (χ3n) is 2.15. The fourth-order valence-corrected chi connectivity index (χ4v) is 1.79. The number of para-hydroxylation sites is 1. The lowest BCUT2D eigenvalue weighted by Crippen LogP contribution is -2.15. The van der Waals surface area contributed by atoms with Gasteiger partial charge in [0.05, 0.1) is 26.7 Å². The molecule has 0 bridgehead atoms. The first kappa shape index (κ1) is 10.9. The van der Waals surface area contributed by atoms with Gasteiger partial charge in [-0.05, 0) is 34.7 Å². The van der Waals surface area contributed by atoms with Gasteiger partial charge in [0.25, 0.3) is 5.91 Å². The lowest BCUT2D eigenvalue weighted by molar-refractivity contribution is 0.100. The number of anilines is 1. The fraction of sp³-hybridized carbons (Fsp3) is 0. The Morgan fingerprint density at radius 1 is 1.44 bits per heavy atom. The van der Waals surface area contributed by atoms with Crippen LogP contribution in [0.4, 0.5) is 5.69 Å². The number of nitrogens with zero attached hydrogens (tertiary/aromatic N) is 2. The Labute approximate surface area is 106 Å². The SMILES string of the molecule is NC(=O)c1cccc(-n2cc(I)cn2)c1N. The minimum Gasteiger partial charge on any atom is -0.396 e. The molecule has 2 aromatic rings. The molecule has 0 saturated carbocycles. The van der Waals surface area contributed by atoms with Crippen molar-refractivity contribution in [2.45, 2.75) is 0 Å². The first-order valence-corrected chi connectivity index (χ1v) is 5.56. The molecule has 1 heterocycles. The summed E-state index contributed by atoms with van der Waals surface area (Å²) in [5.74, 6) is -0.541. The lowest BCUT2D eigenvalue weighted by atomic mass is 10.1. The number of primary amides is 1. The first-order valence-electron chi connectivity index (χ1n) is 4.48. The Kier molecular flexibility index (Phi) is 2.82. The second-order valence-corrected chi connectivity index (χ2v) is 4.45. The summed E-state index contributed by atoms with van der Waals surface area (Å²) >= 11 is 2.15. The average Bonchev–Trinajstić information content (AvgIpc) is 2.64. The predicted octanol–water partition coefficient (Wildman–Crippen LogP) is 1.16. The van der Waals surface area contributed by atoms with Gasteiger partial charge in [-0.3, -0.25) is 4.79 Å². The van der Waals surface area contributed by atoms with E-state index in [1.807, 2.05) is 6.20 Å². The third-order valence-corrected chi connectivity index (χ3v) is 2.70. The van der Waals surface area contributed by atoms with Crippen molar-refractivity contribution in [2.75, 3.05) is 5.73 Å². The molecule has 0 atom stereocenters. The topological polar surface area (TPSA) is 86.9 Å². The molecule has 0 fully saturated rings. The van der Waals surface area contributed by atoms with E-state index >= 15 is 0 Å². The van der Waals surface area contributed by atoms with Gasteiger partial charge < -0.3 is 11.5 Å². The van der Waals surface area contributed by atoms with E-state index in [1.165, 1.54) is 0 Å². The molecule has 6 heteroatoms. The standard InChI is InChI=1S/C10H9IN4O/c11-6-4-14-15(5-6)8-3-1-2-7(9(8)12)10(13)16/h1-5H,12H2,(H2,13,16). The quantitative estimate of drug-likeness (QED) is 0.641. The maximum atomic E-state index is 11.1. The number of hydrogen-bond acceptors (Lipinski definition) is 3. The van der Waals surface area contributed by atoms with Crippen LogP contribution in [0.25, 0.3) is 5.69 Å². The monoisotopic (exact) mass is 328 g/mol. The van der Waals surface area contributed by atoms with Crippen molar-refractivity contribution in [3.63, 3.8) is 0 Å². The van der Waals surface area contributed by atoms with Gasteiger partial charge >= 0.3 is 0 Å². The molecule has 0 aliphatic heterocycles. The second kappa shape index (κ2) is 4.12. The molecule has 5 nitrogen and oxygen atoms in total. The summed E-state index contributed by atoms with van der Waals surface area (Å²) in [6.45, 7) is 0. The molecule has 0 unspecified atom stereocenters. The number of carbonyl (C=O) groups excluding carboxylic acids is 1. The summed E-state index contributed by atoms with van der Waals surface area (Å²) in [5.41, 5.74) is 12.4. The zero-order chi connectivity index (χ0) is 11.7. The van der Waals surface area contributed by atoms with Crippen LogP contribution >= 0.6 is 22.6 Å². The third kappa shape index (κ3) is 1.87. The van der Waals surface area contributed by atoms with Gasteiger partial charge in [-0.25, -0.2) is 4.68 Å². The molecule has 4 N–H and O–H groups in total. The van der Waals surface area contributed by atoms with Crippen LogP contribution in [0, 0.1) is 3.57 Å². The van der Waals surface area contributed by atoms with Crippen LogP contribution in [0.5, 0.6) is 0 Å². The van der Waals surface area contributed by atoms with Gasteiger partial charge in [0, 0.05) is 6.20 Å². The van der Waals surface area contributed by atoms with Crippen LogP contribution in [0.2, 0.25) is 0 Å². The number of hydrogen-bond donors (Lipinski definition) is 2. The van der Waals surface area contributed by atoms with E-state index in [2.05, 4.69) is 27.7 Å². The van der Waals surface area contributed by atoms with Gasteiger partial charge in [-0.1, -0.05) is 6.07 Å². The van der Waals surface area contributed by atoms with Crippen LogP contribution in [0.15, 0.2) is 30.6 Å². The normalized spacial score (nSPS) is 10.3. The van der Waals surface area contributed by atoms with Gasteiger partial charge in [-0.2, -0.15) is 5.10 Å². The molecular weight excluding hydrogens is 319 g/mol. The zero-order valence-electron chi connectivity index (χ0n) is 8.22. The van der Waals surface area contributed by atoms with Gasteiger partial charge in [0.2, 0.25) is 0 Å². The van der Waals surface area contributed by atoms with E-state index in [0.717, 1.165) is 3.57 Å². The molecule has 1 amide bonds. The average molecular weight is 328 g/mol. The van der Waals surface area contributed by atoms with Crippen molar-refractivity contribution in [2.24, 2.45) is 5.73 Å². The van der Waals surface area contributed by atoms with Gasteiger partial charge in [0.1, 0.15) is 0 Å². The number of carbonyl (C=O) groups is 1. The van der Waals surface area contributed by atoms with Crippen LogP contribution in [0.3, 0.4) is 0 Å². The van der Waals surface area contributed by atoms with Crippen molar-refractivity contribution in [1.82, 2.24) is 9.78 Å². The summed E-state index contributed by atoms with van der Waals surface area (Å²) in [5, 5.41) is 4.12. The maximum Gasteiger partial charge on any atom is 0.250 e. The number of benzene rings is 1.